The lowest BCUT2D eigenvalue weighted by atomic mass is 10.1. The molecule has 0 spiro atoms. The summed E-state index contributed by atoms with van der Waals surface area (Å²) in [4.78, 5) is 23.6. The van der Waals surface area contributed by atoms with Crippen molar-refractivity contribution in [2.75, 3.05) is 48.7 Å². The van der Waals surface area contributed by atoms with Crippen LogP contribution in [0.15, 0.2) is 54.0 Å². The summed E-state index contributed by atoms with van der Waals surface area (Å²) in [6.07, 6.45) is 10.8. The number of benzene rings is 1. The van der Waals surface area contributed by atoms with Crippen molar-refractivity contribution in [3.8, 4) is 0 Å². The van der Waals surface area contributed by atoms with Gasteiger partial charge in [0.2, 0.25) is 5.43 Å². The topological polar surface area (TPSA) is 85.7 Å². The van der Waals surface area contributed by atoms with Crippen LogP contribution in [0, 0.1) is 0 Å². The number of likely N-dealkylation sites (tertiary alicyclic amines) is 1. The number of aromatic nitrogens is 2. The molecule has 41 heavy (non-hydrogen) atoms. The molecule has 1 aromatic carbocycles. The molecule has 0 radical (unpaired) electrons. The summed E-state index contributed by atoms with van der Waals surface area (Å²) >= 11 is 1.70. The zero-order chi connectivity index (χ0) is 28.3. The zero-order valence-corrected chi connectivity index (χ0v) is 24.7. The van der Waals surface area contributed by atoms with E-state index in [1.165, 1.54) is 17.7 Å². The number of nitrogens with one attached hydrogen (secondary N) is 4. The summed E-state index contributed by atoms with van der Waals surface area (Å²) in [7, 11) is 0. The molecular weight excluding hydrogens is 530 g/mol. The highest BCUT2D eigenvalue weighted by atomic mass is 32.1. The molecule has 5 heterocycles. The van der Waals surface area contributed by atoms with E-state index in [0.29, 0.717) is 28.8 Å². The molecule has 9 heteroatoms. The second kappa shape index (κ2) is 12.0. The summed E-state index contributed by atoms with van der Waals surface area (Å²) in [6.45, 7) is 13.0. The molecule has 0 atom stereocenters. The van der Waals surface area contributed by atoms with E-state index in [0.717, 1.165) is 66.6 Å². The Hall–Kier alpha value is -3.82. The van der Waals surface area contributed by atoms with Gasteiger partial charge in [0.15, 0.2) is 0 Å². The number of thiazole rings is 1. The maximum Gasteiger partial charge on any atom is 0.201 e. The number of hydrogen-bond donors (Lipinski definition) is 4. The van der Waals surface area contributed by atoms with Crippen LogP contribution in [-0.2, 0) is 6.42 Å². The van der Waals surface area contributed by atoms with E-state index >= 15 is 0 Å². The molecule has 3 aromatic heterocycles. The van der Waals surface area contributed by atoms with Gasteiger partial charge in [0, 0.05) is 23.7 Å². The van der Waals surface area contributed by atoms with Crippen LogP contribution in [0.5, 0.6) is 0 Å². The van der Waals surface area contributed by atoms with Crippen LogP contribution in [0.3, 0.4) is 0 Å². The van der Waals surface area contributed by atoms with E-state index < -0.39 is 0 Å². The highest BCUT2D eigenvalue weighted by Crippen LogP contribution is 2.34. The molecule has 3 aliphatic rings. The average Bonchev–Trinajstić information content (AvgIpc) is 3.76. The summed E-state index contributed by atoms with van der Waals surface area (Å²) in [5.74, 6) is 0. The standard InChI is InChI=1S/C30H33N7OS.C2H6/c1-19(31-12-15-36-13-6-7-14-36)27-28(38)21-16-20(32-18-26-34-22-8-2-3-9-23(22)35-26)17-33-29(21)37-24-10-4-5-11-25(24)39-30(27)37;1-2/h2-4,8-10,16-17,26,31-32,34-35H,1,5-7,11-15,18H2;1-2H3. The van der Waals surface area contributed by atoms with E-state index in [-0.39, 0.29) is 11.6 Å². The summed E-state index contributed by atoms with van der Waals surface area (Å²) in [6, 6.07) is 10.1. The normalized spacial score (nSPS) is 16.0. The predicted molar refractivity (Wildman–Crippen MR) is 174 cm³/mol. The molecule has 1 saturated heterocycles. The van der Waals surface area contributed by atoms with Crippen molar-refractivity contribution in [3.05, 3.63) is 75.5 Å². The number of allylic oxidation sites excluding steroid dienone is 1. The van der Waals surface area contributed by atoms with Crippen molar-refractivity contribution in [2.24, 2.45) is 0 Å². The second-order valence-corrected chi connectivity index (χ2v) is 11.6. The van der Waals surface area contributed by atoms with Gasteiger partial charge in [0.1, 0.15) is 16.6 Å². The number of nitrogens with zero attached hydrogens (tertiary/aromatic N) is 3. The van der Waals surface area contributed by atoms with Gasteiger partial charge in [-0.05, 0) is 63.0 Å². The largest absolute Gasteiger partial charge is 0.384 e. The van der Waals surface area contributed by atoms with Crippen molar-refractivity contribution in [1.29, 1.82) is 0 Å². The van der Waals surface area contributed by atoms with Crippen LogP contribution in [0.1, 0.15) is 49.2 Å². The smallest absolute Gasteiger partial charge is 0.201 e. The van der Waals surface area contributed by atoms with Gasteiger partial charge in [-0.1, -0.05) is 38.6 Å². The van der Waals surface area contributed by atoms with Gasteiger partial charge in [-0.2, -0.15) is 0 Å². The van der Waals surface area contributed by atoms with Gasteiger partial charge < -0.3 is 26.2 Å². The highest BCUT2D eigenvalue weighted by molar-refractivity contribution is 7.18. The molecule has 214 valence electrons. The Bertz CT molecular complexity index is 1640. The number of para-hydroxylation sites is 2. The number of rotatable bonds is 8. The quantitative estimate of drug-likeness (QED) is 0.213. The minimum Gasteiger partial charge on any atom is -0.384 e. The fourth-order valence-corrected chi connectivity index (χ4v) is 7.21. The summed E-state index contributed by atoms with van der Waals surface area (Å²) in [5, 5.41) is 14.5. The molecule has 4 N–H and O–H groups in total. The third kappa shape index (κ3) is 5.31. The first kappa shape index (κ1) is 27.4. The first-order valence-electron chi connectivity index (χ1n) is 14.8. The van der Waals surface area contributed by atoms with E-state index in [9.17, 15) is 4.79 Å². The van der Waals surface area contributed by atoms with Gasteiger partial charge in [-0.25, -0.2) is 4.98 Å². The maximum absolute atomic E-state index is 14.0. The highest BCUT2D eigenvalue weighted by Gasteiger charge is 2.23. The monoisotopic (exact) mass is 569 g/mol. The Balaban J connectivity index is 0.00000148. The fourth-order valence-electron chi connectivity index (χ4n) is 5.90. The van der Waals surface area contributed by atoms with Crippen molar-refractivity contribution in [1.82, 2.24) is 19.6 Å². The van der Waals surface area contributed by atoms with Crippen LogP contribution >= 0.6 is 11.3 Å². The minimum atomic E-state index is -0.0214. The van der Waals surface area contributed by atoms with E-state index in [4.69, 9.17) is 4.98 Å². The molecule has 1 fully saturated rings. The van der Waals surface area contributed by atoms with Crippen molar-refractivity contribution >= 4 is 56.0 Å². The maximum atomic E-state index is 14.0. The Labute approximate surface area is 245 Å². The molecule has 0 unspecified atom stereocenters. The van der Waals surface area contributed by atoms with Gasteiger partial charge in [-0.15, -0.1) is 11.3 Å². The number of fused-ring (bicyclic) bond motifs is 6. The molecular formula is C32H39N7OS. The molecule has 1 aliphatic carbocycles. The first-order valence-corrected chi connectivity index (χ1v) is 15.7. The molecule has 0 bridgehead atoms. The van der Waals surface area contributed by atoms with Gasteiger partial charge in [0.05, 0.1) is 46.4 Å². The Kier molecular flexibility index (Phi) is 7.98. The Morgan fingerprint density at radius 3 is 2.68 bits per heavy atom. The fraction of sp³-hybridized carbons (Fsp3) is 0.375. The number of pyridine rings is 2. The van der Waals surface area contributed by atoms with Crippen molar-refractivity contribution in [2.45, 2.75) is 45.7 Å². The van der Waals surface area contributed by atoms with Crippen LogP contribution in [-0.4, -0.2) is 53.2 Å². The third-order valence-corrected chi connectivity index (χ3v) is 9.13. The van der Waals surface area contributed by atoms with E-state index in [2.05, 4.69) is 61.4 Å². The minimum absolute atomic E-state index is 0.0214. The summed E-state index contributed by atoms with van der Waals surface area (Å²) < 4.78 is 2.16. The van der Waals surface area contributed by atoms with E-state index in [1.807, 2.05) is 38.2 Å². The van der Waals surface area contributed by atoms with E-state index in [1.54, 1.807) is 11.3 Å². The second-order valence-electron chi connectivity index (χ2n) is 10.5. The lowest BCUT2D eigenvalue weighted by Gasteiger charge is -2.17. The lowest BCUT2D eigenvalue weighted by Crippen LogP contribution is -2.31. The molecule has 2 aliphatic heterocycles. The Morgan fingerprint density at radius 1 is 1.17 bits per heavy atom. The zero-order valence-electron chi connectivity index (χ0n) is 23.9. The van der Waals surface area contributed by atoms with Crippen LogP contribution in [0.4, 0.5) is 17.1 Å². The van der Waals surface area contributed by atoms with Crippen LogP contribution in [0.2, 0.25) is 0 Å². The summed E-state index contributed by atoms with van der Waals surface area (Å²) in [5.41, 5.74) is 6.16. The van der Waals surface area contributed by atoms with Gasteiger partial charge in [0.25, 0.3) is 0 Å². The van der Waals surface area contributed by atoms with Crippen molar-refractivity contribution in [3.63, 3.8) is 0 Å². The number of anilines is 3. The predicted octanol–water partition coefficient (Wildman–Crippen LogP) is 5.83. The SMILES string of the molecule is C=C(NCCN1CCCC1)c1c(=O)c2cc(NCC3Nc4ccccc4N3)cnc2n2c3c(sc12)CCC=C3.CC. The number of aryl methyl sites for hydroxylation is 1. The van der Waals surface area contributed by atoms with Crippen LogP contribution < -0.4 is 26.7 Å². The lowest BCUT2D eigenvalue weighted by molar-refractivity contribution is 0.343. The Morgan fingerprint density at radius 2 is 1.93 bits per heavy atom. The van der Waals surface area contributed by atoms with Gasteiger partial charge in [-0.3, -0.25) is 9.20 Å². The third-order valence-electron chi connectivity index (χ3n) is 7.89. The average molecular weight is 570 g/mol. The molecule has 0 saturated carbocycles. The molecule has 0 amide bonds. The first-order chi connectivity index (χ1) is 20.2. The molecule has 8 nitrogen and oxygen atoms in total. The molecule has 4 aromatic rings. The van der Waals surface area contributed by atoms with Gasteiger partial charge >= 0.3 is 0 Å². The molecule has 7 rings (SSSR count). The van der Waals surface area contributed by atoms with Crippen molar-refractivity contribution < 1.29 is 0 Å². The van der Waals surface area contributed by atoms with Crippen LogP contribution in [0.25, 0.3) is 27.6 Å². The number of hydrogen-bond acceptors (Lipinski definition) is 8.